The third-order valence-electron chi connectivity index (χ3n) is 5.75. The van der Waals surface area contributed by atoms with Gasteiger partial charge in [-0.1, -0.05) is 6.07 Å². The van der Waals surface area contributed by atoms with Crippen LogP contribution in [-0.2, 0) is 22.4 Å². The third kappa shape index (κ3) is 9.85. The number of halogens is 6. The van der Waals surface area contributed by atoms with Crippen molar-refractivity contribution in [3.63, 3.8) is 0 Å². The molecule has 2 aliphatic heterocycles. The first kappa shape index (κ1) is 31.5. The summed E-state index contributed by atoms with van der Waals surface area (Å²) in [6.07, 6.45) is -6.49. The summed E-state index contributed by atoms with van der Waals surface area (Å²) in [5, 5.41) is 14.2. The number of carboxylic acid groups (broad SMARTS) is 2. The van der Waals surface area contributed by atoms with Gasteiger partial charge >= 0.3 is 24.3 Å². The number of hydrogen-bond acceptors (Lipinski definition) is 8. The van der Waals surface area contributed by atoms with Crippen molar-refractivity contribution < 1.29 is 46.1 Å². The number of alkyl halides is 6. The molecule has 2 aromatic rings. The molecule has 0 unspecified atom stereocenters. The summed E-state index contributed by atoms with van der Waals surface area (Å²) in [5.74, 6) is -3.29. The largest absolute Gasteiger partial charge is 0.490 e. The molecule has 0 amide bonds. The van der Waals surface area contributed by atoms with Gasteiger partial charge in [-0.15, -0.1) is 0 Å². The fourth-order valence-corrected chi connectivity index (χ4v) is 3.73. The maximum absolute atomic E-state index is 10.6. The van der Waals surface area contributed by atoms with Gasteiger partial charge in [0.05, 0.1) is 5.69 Å². The molecular formula is C23H28F6N6O4. The van der Waals surface area contributed by atoms with Crippen LogP contribution < -0.4 is 9.80 Å². The molecule has 2 N–H and O–H groups in total. The summed E-state index contributed by atoms with van der Waals surface area (Å²) in [7, 11) is 2.19. The van der Waals surface area contributed by atoms with E-state index in [0.717, 1.165) is 69.4 Å². The molecule has 0 atom stereocenters. The molecule has 0 radical (unpaired) electrons. The van der Waals surface area contributed by atoms with E-state index in [1.165, 1.54) is 11.3 Å². The first-order valence-electron chi connectivity index (χ1n) is 11.6. The number of likely N-dealkylation sites (N-methyl/N-ethyl adjacent to an activating group) is 1. The Labute approximate surface area is 219 Å². The zero-order valence-electron chi connectivity index (χ0n) is 21.1. The van der Waals surface area contributed by atoms with Gasteiger partial charge in [-0.05, 0) is 32.5 Å². The fraction of sp³-hybridized carbons (Fsp3) is 0.522. The predicted octanol–water partition coefficient (Wildman–Crippen LogP) is 2.80. The van der Waals surface area contributed by atoms with Gasteiger partial charge in [0.2, 0.25) is 0 Å². The van der Waals surface area contributed by atoms with E-state index in [-0.39, 0.29) is 0 Å². The summed E-state index contributed by atoms with van der Waals surface area (Å²) in [6, 6.07) is 6.24. The van der Waals surface area contributed by atoms with E-state index in [9.17, 15) is 26.3 Å². The molecule has 0 bridgehead atoms. The Morgan fingerprint density at radius 2 is 1.36 bits per heavy atom. The lowest BCUT2D eigenvalue weighted by Gasteiger charge is -2.34. The van der Waals surface area contributed by atoms with Gasteiger partial charge in [0.25, 0.3) is 0 Å². The molecule has 0 aliphatic carbocycles. The van der Waals surface area contributed by atoms with Gasteiger partial charge in [-0.25, -0.2) is 24.5 Å². The van der Waals surface area contributed by atoms with Crippen LogP contribution in [0.1, 0.15) is 17.0 Å². The minimum atomic E-state index is -5.08. The zero-order chi connectivity index (χ0) is 29.4. The molecule has 4 rings (SSSR count). The van der Waals surface area contributed by atoms with Crippen LogP contribution in [0.5, 0.6) is 0 Å². The monoisotopic (exact) mass is 566 g/mol. The Balaban J connectivity index is 0.000000317. The van der Waals surface area contributed by atoms with E-state index < -0.39 is 24.3 Å². The van der Waals surface area contributed by atoms with Crippen LogP contribution >= 0.6 is 0 Å². The molecule has 10 nitrogen and oxygen atoms in total. The van der Waals surface area contributed by atoms with Crippen molar-refractivity contribution in [1.29, 1.82) is 0 Å². The molecule has 0 saturated carbocycles. The number of aromatic nitrogens is 3. The Kier molecular flexibility index (Phi) is 10.8. The van der Waals surface area contributed by atoms with Gasteiger partial charge in [-0.2, -0.15) is 26.3 Å². The van der Waals surface area contributed by atoms with E-state index >= 15 is 0 Å². The SMILES string of the molecule is Cc1cccc(N2CCc3ncnc(N4CCN(C)CC4)c3CC2)n1.O=C(O)C(F)(F)F.O=C(O)C(F)(F)F. The fourth-order valence-electron chi connectivity index (χ4n) is 3.73. The topological polar surface area (TPSA) is 123 Å². The summed E-state index contributed by atoms with van der Waals surface area (Å²) < 4.78 is 63.5. The number of aryl methyl sites for hydroxylation is 1. The van der Waals surface area contributed by atoms with Gasteiger partial charge in [0, 0.05) is 56.9 Å². The number of hydrogen-bond donors (Lipinski definition) is 2. The highest BCUT2D eigenvalue weighted by Crippen LogP contribution is 2.26. The second kappa shape index (κ2) is 13.4. The molecule has 1 fully saturated rings. The van der Waals surface area contributed by atoms with E-state index in [2.05, 4.69) is 43.8 Å². The second-order valence-electron chi connectivity index (χ2n) is 8.64. The van der Waals surface area contributed by atoms with Crippen LogP contribution in [0.25, 0.3) is 0 Å². The summed E-state index contributed by atoms with van der Waals surface area (Å²) >= 11 is 0. The average molecular weight is 567 g/mol. The number of nitrogens with zero attached hydrogens (tertiary/aromatic N) is 6. The highest BCUT2D eigenvalue weighted by Gasteiger charge is 2.38. The lowest BCUT2D eigenvalue weighted by Crippen LogP contribution is -2.45. The molecule has 0 spiro atoms. The van der Waals surface area contributed by atoms with Crippen LogP contribution in [0.3, 0.4) is 0 Å². The van der Waals surface area contributed by atoms with E-state index in [4.69, 9.17) is 24.8 Å². The van der Waals surface area contributed by atoms with E-state index in [1.54, 1.807) is 6.33 Å². The number of rotatable bonds is 2. The molecule has 216 valence electrons. The first-order valence-corrected chi connectivity index (χ1v) is 11.6. The van der Waals surface area contributed by atoms with Crippen molar-refractivity contribution in [2.75, 3.05) is 56.1 Å². The van der Waals surface area contributed by atoms with Gasteiger partial charge in [0.1, 0.15) is 18.0 Å². The van der Waals surface area contributed by atoms with Crippen molar-refractivity contribution in [2.24, 2.45) is 0 Å². The summed E-state index contributed by atoms with van der Waals surface area (Å²) in [4.78, 5) is 38.9. The van der Waals surface area contributed by atoms with Gasteiger partial charge < -0.3 is 24.9 Å². The molecular weight excluding hydrogens is 538 g/mol. The number of carbonyl (C=O) groups is 2. The minimum absolute atomic E-state index is 0.953. The van der Waals surface area contributed by atoms with Crippen molar-refractivity contribution >= 4 is 23.6 Å². The number of pyridine rings is 1. The van der Waals surface area contributed by atoms with Crippen molar-refractivity contribution in [3.8, 4) is 0 Å². The molecule has 4 heterocycles. The normalized spacial score (nSPS) is 16.1. The molecule has 2 aromatic heterocycles. The van der Waals surface area contributed by atoms with Gasteiger partial charge in [-0.3, -0.25) is 0 Å². The summed E-state index contributed by atoms with van der Waals surface area (Å²) in [5.41, 5.74) is 3.61. The van der Waals surface area contributed by atoms with Crippen molar-refractivity contribution in [1.82, 2.24) is 19.9 Å². The average Bonchev–Trinajstić information content (AvgIpc) is 3.07. The Morgan fingerprint density at radius 1 is 0.821 bits per heavy atom. The van der Waals surface area contributed by atoms with Crippen molar-refractivity contribution in [3.05, 3.63) is 41.5 Å². The van der Waals surface area contributed by atoms with E-state index in [1.807, 2.05) is 13.0 Å². The zero-order valence-corrected chi connectivity index (χ0v) is 21.1. The molecule has 1 saturated heterocycles. The van der Waals surface area contributed by atoms with E-state index in [0.29, 0.717) is 0 Å². The standard InChI is InChI=1S/C19H26N6.2C2HF3O2/c1-15-4-3-5-18(22-15)24-8-6-16-17(7-9-24)20-14-21-19(16)25-12-10-23(2)11-13-25;2*3-2(4,5)1(6)7/h3-5,14H,6-13H2,1-2H3;2*(H,6,7). The number of piperazine rings is 1. The van der Waals surface area contributed by atoms with Crippen LogP contribution in [0.15, 0.2) is 24.5 Å². The molecule has 0 aromatic carbocycles. The molecule has 16 heteroatoms. The second-order valence-corrected chi connectivity index (χ2v) is 8.64. The lowest BCUT2D eigenvalue weighted by atomic mass is 10.1. The number of anilines is 2. The Hall–Kier alpha value is -3.69. The number of fused-ring (bicyclic) bond motifs is 1. The smallest absolute Gasteiger partial charge is 0.475 e. The maximum Gasteiger partial charge on any atom is 0.490 e. The Bertz CT molecular complexity index is 1100. The Morgan fingerprint density at radius 3 is 1.87 bits per heavy atom. The highest BCUT2D eigenvalue weighted by molar-refractivity contribution is 5.73. The van der Waals surface area contributed by atoms with Crippen LogP contribution in [0.4, 0.5) is 38.0 Å². The third-order valence-corrected chi connectivity index (χ3v) is 5.75. The van der Waals surface area contributed by atoms with Crippen molar-refractivity contribution in [2.45, 2.75) is 32.1 Å². The highest BCUT2D eigenvalue weighted by atomic mass is 19.4. The van der Waals surface area contributed by atoms with Crippen LogP contribution in [0.2, 0.25) is 0 Å². The summed E-state index contributed by atoms with van der Waals surface area (Å²) in [6.45, 7) is 8.26. The van der Waals surface area contributed by atoms with Crippen LogP contribution in [0, 0.1) is 6.92 Å². The quantitative estimate of drug-likeness (QED) is 0.525. The molecule has 39 heavy (non-hydrogen) atoms. The van der Waals surface area contributed by atoms with Crippen LogP contribution in [-0.4, -0.2) is 101 Å². The maximum atomic E-state index is 10.6. The predicted molar refractivity (Wildman–Crippen MR) is 128 cm³/mol. The minimum Gasteiger partial charge on any atom is -0.475 e. The first-order chi connectivity index (χ1) is 18.1. The number of aliphatic carboxylic acids is 2. The molecule has 2 aliphatic rings. The lowest BCUT2D eigenvalue weighted by molar-refractivity contribution is -0.193. The number of carboxylic acids is 2. The van der Waals surface area contributed by atoms with Gasteiger partial charge in [0.15, 0.2) is 0 Å².